The summed E-state index contributed by atoms with van der Waals surface area (Å²) in [4.78, 5) is 28.3. The number of carbonyl (C=O) groups excluding carboxylic acids is 2. The van der Waals surface area contributed by atoms with Crippen molar-refractivity contribution in [2.75, 3.05) is 43.0 Å². The summed E-state index contributed by atoms with van der Waals surface area (Å²) in [5, 5.41) is 12.2. The molecule has 0 bridgehead atoms. The van der Waals surface area contributed by atoms with Crippen molar-refractivity contribution in [3.63, 3.8) is 0 Å². The minimum Gasteiger partial charge on any atom is -0.492 e. The predicted molar refractivity (Wildman–Crippen MR) is 126 cm³/mol. The van der Waals surface area contributed by atoms with Gasteiger partial charge in [-0.05, 0) is 79.9 Å². The average molecular weight is 481 g/mol. The SMILES string of the molecule is N#Cc1ccc2c(c1)C1(CCN(CCOc3ccc4c(c3)CCC(=O)N4CC(F)F)CC1)C(=O)N2. The van der Waals surface area contributed by atoms with E-state index in [0.717, 1.165) is 34.8 Å². The maximum atomic E-state index is 12.9. The molecule has 3 heterocycles. The molecular weight excluding hydrogens is 454 g/mol. The standard InChI is InChI=1S/C26H26F2N4O3/c27-23(28)16-32-22-5-3-19(14-18(22)2-6-24(32)33)35-12-11-31-9-7-26(8-10-31)20-13-17(15-29)1-4-21(20)30-25(26)34/h1,3-5,13-14,23H,2,6-12,16H2,(H,30,34). The fraction of sp³-hybridized carbons (Fsp3) is 0.423. The third-order valence-electron chi connectivity index (χ3n) is 7.30. The summed E-state index contributed by atoms with van der Waals surface area (Å²) < 4.78 is 31.7. The van der Waals surface area contributed by atoms with E-state index in [0.29, 0.717) is 49.4 Å². The number of aryl methyl sites for hydroxylation is 1. The van der Waals surface area contributed by atoms with Gasteiger partial charge in [0, 0.05) is 24.3 Å². The lowest BCUT2D eigenvalue weighted by Gasteiger charge is -2.38. The van der Waals surface area contributed by atoms with Crippen molar-refractivity contribution in [3.8, 4) is 11.8 Å². The number of nitrogens with zero attached hydrogens (tertiary/aromatic N) is 3. The Balaban J connectivity index is 1.17. The molecule has 1 N–H and O–H groups in total. The number of nitrogens with one attached hydrogen (secondary N) is 1. The monoisotopic (exact) mass is 480 g/mol. The third-order valence-corrected chi connectivity index (χ3v) is 7.30. The normalized spacial score (nSPS) is 18.9. The Morgan fingerprint density at radius 2 is 1.91 bits per heavy atom. The highest BCUT2D eigenvalue weighted by atomic mass is 19.3. The zero-order valence-corrected chi connectivity index (χ0v) is 19.2. The number of carbonyl (C=O) groups is 2. The zero-order valence-electron chi connectivity index (χ0n) is 19.2. The first-order chi connectivity index (χ1) is 16.9. The fourth-order valence-electron chi connectivity index (χ4n) is 5.39. The van der Waals surface area contributed by atoms with Crippen molar-refractivity contribution in [1.82, 2.24) is 4.90 Å². The number of fused-ring (bicyclic) bond motifs is 3. The largest absolute Gasteiger partial charge is 0.492 e. The van der Waals surface area contributed by atoms with Crippen molar-refractivity contribution in [3.05, 3.63) is 53.1 Å². The number of hydrogen-bond acceptors (Lipinski definition) is 5. The lowest BCUT2D eigenvalue weighted by atomic mass is 9.73. The summed E-state index contributed by atoms with van der Waals surface area (Å²) in [7, 11) is 0. The van der Waals surface area contributed by atoms with Gasteiger partial charge in [-0.1, -0.05) is 0 Å². The van der Waals surface area contributed by atoms with Gasteiger partial charge in [0.05, 0.1) is 23.6 Å². The van der Waals surface area contributed by atoms with Crippen LogP contribution in [0, 0.1) is 11.3 Å². The number of alkyl halides is 2. The van der Waals surface area contributed by atoms with E-state index in [9.17, 15) is 23.6 Å². The van der Waals surface area contributed by atoms with Gasteiger partial charge >= 0.3 is 0 Å². The van der Waals surface area contributed by atoms with Gasteiger partial charge in [-0.3, -0.25) is 14.5 Å². The number of amides is 2. The molecule has 0 unspecified atom stereocenters. The zero-order chi connectivity index (χ0) is 24.6. The fourth-order valence-corrected chi connectivity index (χ4v) is 5.39. The molecule has 0 saturated carbocycles. The number of piperidine rings is 1. The average Bonchev–Trinajstić information content (AvgIpc) is 3.12. The van der Waals surface area contributed by atoms with Crippen molar-refractivity contribution in [2.24, 2.45) is 0 Å². The topological polar surface area (TPSA) is 85.7 Å². The number of rotatable bonds is 6. The lowest BCUT2D eigenvalue weighted by molar-refractivity contribution is -0.122. The number of benzene rings is 2. The van der Waals surface area contributed by atoms with E-state index in [2.05, 4.69) is 16.3 Å². The van der Waals surface area contributed by atoms with E-state index in [1.54, 1.807) is 18.2 Å². The van der Waals surface area contributed by atoms with Gasteiger partial charge in [-0.25, -0.2) is 8.78 Å². The quantitative estimate of drug-likeness (QED) is 0.685. The summed E-state index contributed by atoms with van der Waals surface area (Å²) in [5.41, 5.74) is 3.06. The Kier molecular flexibility index (Phi) is 6.15. The Hall–Kier alpha value is -3.51. The van der Waals surface area contributed by atoms with Crippen LogP contribution in [-0.4, -0.2) is 55.9 Å². The Morgan fingerprint density at radius 1 is 1.11 bits per heavy atom. The van der Waals surface area contributed by atoms with Crippen molar-refractivity contribution >= 4 is 23.2 Å². The molecule has 0 atom stereocenters. The number of likely N-dealkylation sites (tertiary alicyclic amines) is 1. The van der Waals surface area contributed by atoms with Crippen molar-refractivity contribution < 1.29 is 23.1 Å². The second-order valence-electron chi connectivity index (χ2n) is 9.28. The Morgan fingerprint density at radius 3 is 2.66 bits per heavy atom. The number of hydrogen-bond donors (Lipinski definition) is 1. The highest BCUT2D eigenvalue weighted by Gasteiger charge is 2.48. The molecule has 35 heavy (non-hydrogen) atoms. The van der Waals surface area contributed by atoms with Crippen LogP contribution >= 0.6 is 0 Å². The van der Waals surface area contributed by atoms with Crippen LogP contribution in [-0.2, 0) is 21.4 Å². The van der Waals surface area contributed by atoms with Gasteiger partial charge in [0.15, 0.2) is 0 Å². The minimum atomic E-state index is -2.58. The molecule has 0 aliphatic carbocycles. The Labute approximate surface area is 202 Å². The first-order valence-electron chi connectivity index (χ1n) is 11.8. The number of ether oxygens (including phenoxy) is 1. The van der Waals surface area contributed by atoms with Crippen LogP contribution in [0.1, 0.15) is 36.0 Å². The summed E-state index contributed by atoms with van der Waals surface area (Å²) in [6.07, 6.45) is -0.510. The molecule has 2 amide bonds. The number of anilines is 2. The molecule has 7 nitrogen and oxygen atoms in total. The summed E-state index contributed by atoms with van der Waals surface area (Å²) >= 11 is 0. The van der Waals surface area contributed by atoms with Crippen molar-refractivity contribution in [2.45, 2.75) is 37.5 Å². The molecule has 1 fully saturated rings. The highest BCUT2D eigenvalue weighted by Crippen LogP contribution is 2.45. The summed E-state index contributed by atoms with van der Waals surface area (Å²) in [6.45, 7) is 2.02. The van der Waals surface area contributed by atoms with Crippen LogP contribution < -0.4 is 15.0 Å². The van der Waals surface area contributed by atoms with Gasteiger partial charge in [0.25, 0.3) is 6.43 Å². The van der Waals surface area contributed by atoms with Crippen molar-refractivity contribution in [1.29, 1.82) is 5.26 Å². The van der Waals surface area contributed by atoms with E-state index in [1.807, 2.05) is 18.2 Å². The van der Waals surface area contributed by atoms with E-state index in [1.165, 1.54) is 0 Å². The van der Waals surface area contributed by atoms with Crippen LogP contribution in [0.2, 0.25) is 0 Å². The minimum absolute atomic E-state index is 0.00640. The maximum absolute atomic E-state index is 12.9. The van der Waals surface area contributed by atoms with Crippen LogP contribution in [0.15, 0.2) is 36.4 Å². The molecule has 0 aromatic heterocycles. The molecule has 5 rings (SSSR count). The van der Waals surface area contributed by atoms with Gasteiger partial charge in [-0.2, -0.15) is 5.26 Å². The molecular formula is C26H26F2N4O3. The molecule has 182 valence electrons. The highest BCUT2D eigenvalue weighted by molar-refractivity contribution is 6.06. The van der Waals surface area contributed by atoms with E-state index >= 15 is 0 Å². The van der Waals surface area contributed by atoms with Gasteiger partial charge in [0.1, 0.15) is 12.4 Å². The number of nitriles is 1. The first-order valence-corrected chi connectivity index (χ1v) is 11.8. The van der Waals surface area contributed by atoms with Crippen LogP contribution in [0.25, 0.3) is 0 Å². The maximum Gasteiger partial charge on any atom is 0.256 e. The third kappa shape index (κ3) is 4.34. The molecule has 0 radical (unpaired) electrons. The lowest BCUT2D eigenvalue weighted by Crippen LogP contribution is -2.47. The second kappa shape index (κ2) is 9.27. The molecule has 9 heteroatoms. The smallest absolute Gasteiger partial charge is 0.256 e. The van der Waals surface area contributed by atoms with Gasteiger partial charge < -0.3 is 15.0 Å². The predicted octanol–water partition coefficient (Wildman–Crippen LogP) is 3.47. The van der Waals surface area contributed by atoms with E-state index < -0.39 is 18.4 Å². The summed E-state index contributed by atoms with van der Waals surface area (Å²) in [5.74, 6) is 0.375. The van der Waals surface area contributed by atoms with E-state index in [4.69, 9.17) is 4.74 Å². The van der Waals surface area contributed by atoms with Gasteiger partial charge in [-0.15, -0.1) is 0 Å². The Bertz CT molecular complexity index is 1200. The molecule has 2 aromatic carbocycles. The van der Waals surface area contributed by atoms with Crippen LogP contribution in [0.3, 0.4) is 0 Å². The van der Waals surface area contributed by atoms with Crippen LogP contribution in [0.5, 0.6) is 5.75 Å². The second-order valence-corrected chi connectivity index (χ2v) is 9.28. The molecule has 3 aliphatic rings. The number of halogens is 2. The molecule has 1 spiro atoms. The first kappa shape index (κ1) is 23.2. The van der Waals surface area contributed by atoms with E-state index in [-0.39, 0.29) is 18.2 Å². The molecule has 3 aliphatic heterocycles. The van der Waals surface area contributed by atoms with Gasteiger partial charge in [0.2, 0.25) is 11.8 Å². The summed E-state index contributed by atoms with van der Waals surface area (Å²) in [6, 6.07) is 12.7. The molecule has 1 saturated heterocycles. The molecule has 2 aromatic rings. The van der Waals surface area contributed by atoms with Crippen LogP contribution in [0.4, 0.5) is 20.2 Å².